The molecule has 3 heteroatoms. The summed E-state index contributed by atoms with van der Waals surface area (Å²) in [6.07, 6.45) is 2.09. The van der Waals surface area contributed by atoms with E-state index < -0.39 is 0 Å². The maximum atomic E-state index is 4.69. The van der Waals surface area contributed by atoms with Gasteiger partial charge in [0.05, 0.1) is 4.88 Å². The molecule has 3 rings (SSSR count). The van der Waals surface area contributed by atoms with Crippen molar-refractivity contribution < 1.29 is 0 Å². The lowest BCUT2D eigenvalue weighted by atomic mass is 10.3. The number of hydrogen-bond acceptors (Lipinski definition) is 2. The van der Waals surface area contributed by atoms with Crippen LogP contribution in [0.15, 0.2) is 35.8 Å². The monoisotopic (exact) mass is 228 g/mol. The molecule has 3 aromatic heterocycles. The van der Waals surface area contributed by atoms with E-state index in [0.717, 1.165) is 11.3 Å². The molecular formula is C13H12N2S. The number of nitrogens with zero attached hydrogens (tertiary/aromatic N) is 2. The Labute approximate surface area is 98.2 Å². The van der Waals surface area contributed by atoms with Gasteiger partial charge >= 0.3 is 0 Å². The van der Waals surface area contributed by atoms with Crippen molar-refractivity contribution in [1.82, 2.24) is 9.38 Å². The molecule has 0 radical (unpaired) electrons. The van der Waals surface area contributed by atoms with Crippen molar-refractivity contribution in [1.29, 1.82) is 0 Å². The highest BCUT2D eigenvalue weighted by Gasteiger charge is 2.10. The zero-order valence-electron chi connectivity index (χ0n) is 9.27. The van der Waals surface area contributed by atoms with Crippen LogP contribution >= 0.6 is 11.3 Å². The third-order valence-corrected chi connectivity index (χ3v) is 3.65. The van der Waals surface area contributed by atoms with E-state index in [-0.39, 0.29) is 0 Å². The number of pyridine rings is 1. The lowest BCUT2D eigenvalue weighted by Gasteiger charge is -1.97. The summed E-state index contributed by atoms with van der Waals surface area (Å²) < 4.78 is 2.14. The van der Waals surface area contributed by atoms with Gasteiger partial charge in [-0.05, 0) is 43.0 Å². The molecule has 2 nitrogen and oxygen atoms in total. The van der Waals surface area contributed by atoms with Gasteiger partial charge in [-0.1, -0.05) is 6.07 Å². The molecule has 3 aromatic rings. The summed E-state index contributed by atoms with van der Waals surface area (Å²) in [7, 11) is 0. The van der Waals surface area contributed by atoms with Gasteiger partial charge in [0.2, 0.25) is 0 Å². The van der Waals surface area contributed by atoms with Crippen LogP contribution < -0.4 is 0 Å². The van der Waals surface area contributed by atoms with Crippen LogP contribution in [0.1, 0.15) is 11.3 Å². The smallest absolute Gasteiger partial charge is 0.137 e. The van der Waals surface area contributed by atoms with Gasteiger partial charge in [-0.2, -0.15) is 0 Å². The van der Waals surface area contributed by atoms with Crippen molar-refractivity contribution >= 4 is 17.0 Å². The van der Waals surface area contributed by atoms with Crippen LogP contribution in [0.3, 0.4) is 0 Å². The van der Waals surface area contributed by atoms with E-state index in [1.165, 1.54) is 16.1 Å². The Balaban J connectivity index is 2.31. The van der Waals surface area contributed by atoms with Crippen LogP contribution in [-0.2, 0) is 0 Å². The largest absolute Gasteiger partial charge is 0.304 e. The van der Waals surface area contributed by atoms with Gasteiger partial charge in [0.1, 0.15) is 11.3 Å². The Morgan fingerprint density at radius 2 is 2.12 bits per heavy atom. The molecular weight excluding hydrogens is 216 g/mol. The van der Waals surface area contributed by atoms with E-state index in [4.69, 9.17) is 0 Å². The highest BCUT2D eigenvalue weighted by molar-refractivity contribution is 7.13. The lowest BCUT2D eigenvalue weighted by Crippen LogP contribution is -1.87. The average Bonchev–Trinajstić information content (AvgIpc) is 2.86. The topological polar surface area (TPSA) is 17.3 Å². The quantitative estimate of drug-likeness (QED) is 0.621. The molecule has 0 bridgehead atoms. The molecule has 0 aliphatic rings. The standard InChI is InChI=1S/C13H12N2S/c1-9-5-6-15-10(2)13(14-12(15)8-9)11-4-3-7-16-11/h3-8H,1-2H3. The number of rotatable bonds is 1. The van der Waals surface area contributed by atoms with Crippen LogP contribution in [0.4, 0.5) is 0 Å². The summed E-state index contributed by atoms with van der Waals surface area (Å²) in [5, 5.41) is 2.09. The van der Waals surface area contributed by atoms with Crippen LogP contribution in [0, 0.1) is 13.8 Å². The van der Waals surface area contributed by atoms with Crippen LogP contribution in [0.2, 0.25) is 0 Å². The summed E-state index contributed by atoms with van der Waals surface area (Å²) in [5.74, 6) is 0. The molecule has 0 atom stereocenters. The molecule has 0 aliphatic carbocycles. The number of fused-ring (bicyclic) bond motifs is 1. The summed E-state index contributed by atoms with van der Waals surface area (Å²) >= 11 is 1.73. The van der Waals surface area contributed by atoms with Crippen LogP contribution in [0.25, 0.3) is 16.2 Å². The number of hydrogen-bond donors (Lipinski definition) is 0. The van der Waals surface area contributed by atoms with Crippen molar-refractivity contribution in [3.8, 4) is 10.6 Å². The van der Waals surface area contributed by atoms with Gasteiger partial charge in [0.25, 0.3) is 0 Å². The molecule has 0 aliphatic heterocycles. The van der Waals surface area contributed by atoms with Crippen molar-refractivity contribution in [3.05, 3.63) is 47.1 Å². The van der Waals surface area contributed by atoms with Crippen molar-refractivity contribution in [3.63, 3.8) is 0 Å². The summed E-state index contributed by atoms with van der Waals surface area (Å²) in [6, 6.07) is 8.41. The highest BCUT2D eigenvalue weighted by Crippen LogP contribution is 2.27. The molecule has 0 saturated carbocycles. The average molecular weight is 228 g/mol. The minimum Gasteiger partial charge on any atom is -0.304 e. The highest BCUT2D eigenvalue weighted by atomic mass is 32.1. The van der Waals surface area contributed by atoms with Gasteiger partial charge in [-0.3, -0.25) is 0 Å². The van der Waals surface area contributed by atoms with Gasteiger partial charge in [-0.15, -0.1) is 11.3 Å². The summed E-state index contributed by atoms with van der Waals surface area (Å²) in [5.41, 5.74) is 4.58. The number of imidazole rings is 1. The molecule has 0 aromatic carbocycles. The molecule has 0 unspecified atom stereocenters. The first kappa shape index (κ1) is 9.60. The first-order valence-electron chi connectivity index (χ1n) is 5.25. The number of aryl methyl sites for hydroxylation is 2. The SMILES string of the molecule is Cc1ccn2c(C)c(-c3cccs3)nc2c1. The Morgan fingerprint density at radius 3 is 2.88 bits per heavy atom. The van der Waals surface area contributed by atoms with Gasteiger partial charge in [0.15, 0.2) is 0 Å². The van der Waals surface area contributed by atoms with Crippen molar-refractivity contribution in [2.45, 2.75) is 13.8 Å². The molecule has 0 N–H and O–H groups in total. The minimum atomic E-state index is 1.03. The molecule has 0 fully saturated rings. The van der Waals surface area contributed by atoms with Crippen LogP contribution in [-0.4, -0.2) is 9.38 Å². The summed E-state index contributed by atoms with van der Waals surface area (Å²) in [6.45, 7) is 4.21. The Hall–Kier alpha value is -1.61. The second-order valence-corrected chi connectivity index (χ2v) is 4.90. The first-order valence-corrected chi connectivity index (χ1v) is 6.13. The second-order valence-electron chi connectivity index (χ2n) is 3.96. The predicted octanol–water partition coefficient (Wildman–Crippen LogP) is 3.68. The molecule has 0 amide bonds. The van der Waals surface area contributed by atoms with Crippen molar-refractivity contribution in [2.75, 3.05) is 0 Å². The second kappa shape index (κ2) is 3.46. The maximum Gasteiger partial charge on any atom is 0.137 e. The summed E-state index contributed by atoms with van der Waals surface area (Å²) in [4.78, 5) is 5.92. The van der Waals surface area contributed by atoms with E-state index in [2.05, 4.69) is 59.1 Å². The Morgan fingerprint density at radius 1 is 1.25 bits per heavy atom. The van der Waals surface area contributed by atoms with Crippen molar-refractivity contribution in [2.24, 2.45) is 0 Å². The number of thiophene rings is 1. The predicted molar refractivity (Wildman–Crippen MR) is 68.0 cm³/mol. The van der Waals surface area contributed by atoms with E-state index in [1.54, 1.807) is 11.3 Å². The molecule has 3 heterocycles. The maximum absolute atomic E-state index is 4.69. The van der Waals surface area contributed by atoms with Gasteiger partial charge in [-0.25, -0.2) is 4.98 Å². The van der Waals surface area contributed by atoms with Crippen LogP contribution in [0.5, 0.6) is 0 Å². The fraction of sp³-hybridized carbons (Fsp3) is 0.154. The minimum absolute atomic E-state index is 1.03. The third-order valence-electron chi connectivity index (χ3n) is 2.78. The van der Waals surface area contributed by atoms with E-state index in [0.29, 0.717) is 0 Å². The normalized spacial score (nSPS) is 11.1. The van der Waals surface area contributed by atoms with E-state index in [1.807, 2.05) is 0 Å². The van der Waals surface area contributed by atoms with E-state index >= 15 is 0 Å². The van der Waals surface area contributed by atoms with Gasteiger partial charge < -0.3 is 4.40 Å². The molecule has 0 saturated heterocycles. The molecule has 16 heavy (non-hydrogen) atoms. The Kier molecular flexibility index (Phi) is 2.07. The lowest BCUT2D eigenvalue weighted by molar-refractivity contribution is 1.10. The molecule has 80 valence electrons. The van der Waals surface area contributed by atoms with E-state index in [9.17, 15) is 0 Å². The molecule has 0 spiro atoms. The Bertz CT molecular complexity index is 635. The van der Waals surface area contributed by atoms with Gasteiger partial charge in [0, 0.05) is 11.9 Å². The fourth-order valence-electron chi connectivity index (χ4n) is 1.92. The zero-order chi connectivity index (χ0) is 11.1. The number of aromatic nitrogens is 2. The zero-order valence-corrected chi connectivity index (χ0v) is 10.1. The third kappa shape index (κ3) is 1.36. The fourth-order valence-corrected chi connectivity index (χ4v) is 2.68. The first-order chi connectivity index (χ1) is 7.75.